The van der Waals surface area contributed by atoms with Crippen LogP contribution in [0.2, 0.25) is 0 Å². The van der Waals surface area contributed by atoms with Crippen LogP contribution in [0.1, 0.15) is 46.5 Å². The van der Waals surface area contributed by atoms with Crippen LogP contribution >= 0.6 is 21.6 Å². The highest BCUT2D eigenvalue weighted by Crippen LogP contribution is 2.23. The van der Waals surface area contributed by atoms with Gasteiger partial charge in [0, 0.05) is 17.9 Å². The molecule has 186 valence electrons. The van der Waals surface area contributed by atoms with Crippen LogP contribution in [0, 0.1) is 5.92 Å². The van der Waals surface area contributed by atoms with Crippen molar-refractivity contribution in [3.8, 4) is 0 Å². The molecule has 12 heteroatoms. The van der Waals surface area contributed by atoms with E-state index < -0.39 is 48.4 Å². The van der Waals surface area contributed by atoms with E-state index >= 15 is 0 Å². The van der Waals surface area contributed by atoms with E-state index in [4.69, 9.17) is 10.5 Å². The van der Waals surface area contributed by atoms with E-state index in [9.17, 15) is 24.0 Å². The normalized spacial score (nSPS) is 23.8. The smallest absolute Gasteiger partial charge is 0.326 e. The molecule has 0 bridgehead atoms. The molecule has 33 heavy (non-hydrogen) atoms. The van der Waals surface area contributed by atoms with Crippen LogP contribution in [0.4, 0.5) is 0 Å². The first-order chi connectivity index (χ1) is 15.6. The average molecular weight is 503 g/mol. The Morgan fingerprint density at radius 1 is 1.21 bits per heavy atom. The molecule has 1 rings (SSSR count). The molecule has 10 nitrogen and oxygen atoms in total. The summed E-state index contributed by atoms with van der Waals surface area (Å²) in [5.74, 6) is -1.16. The van der Waals surface area contributed by atoms with Gasteiger partial charge in [0.15, 0.2) is 0 Å². The number of amides is 4. The number of nitrogens with two attached hydrogens (primary N) is 1. The van der Waals surface area contributed by atoms with Gasteiger partial charge in [0.05, 0.1) is 6.42 Å². The van der Waals surface area contributed by atoms with E-state index in [1.54, 1.807) is 41.5 Å². The third kappa shape index (κ3) is 12.6. The monoisotopic (exact) mass is 502 g/mol. The number of esters is 1. The molecule has 1 aliphatic heterocycles. The number of primary amides is 1. The molecule has 0 aromatic carbocycles. The average Bonchev–Trinajstić information content (AvgIpc) is 2.73. The first kappa shape index (κ1) is 28.8. The summed E-state index contributed by atoms with van der Waals surface area (Å²) in [6.07, 6.45) is 4.09. The SMILES string of the molecule is CC(C)[C@H]1NC(=O)CCCSSCC/C=C/[C@H](CC(=O)N[C@H](C)C(N)=O)OC(=O)CNC1=O. The van der Waals surface area contributed by atoms with Gasteiger partial charge in [-0.25, -0.2) is 0 Å². The van der Waals surface area contributed by atoms with Gasteiger partial charge in [-0.05, 0) is 31.8 Å². The van der Waals surface area contributed by atoms with Crippen LogP contribution in [-0.2, 0) is 28.7 Å². The number of hydrogen-bond donors (Lipinski definition) is 4. The van der Waals surface area contributed by atoms with E-state index in [0.29, 0.717) is 19.3 Å². The fourth-order valence-electron chi connectivity index (χ4n) is 2.74. The molecule has 0 saturated heterocycles. The molecule has 1 heterocycles. The van der Waals surface area contributed by atoms with Crippen molar-refractivity contribution in [2.45, 2.75) is 64.6 Å². The van der Waals surface area contributed by atoms with Gasteiger partial charge in [-0.1, -0.05) is 41.5 Å². The van der Waals surface area contributed by atoms with Crippen molar-refractivity contribution in [1.82, 2.24) is 16.0 Å². The summed E-state index contributed by atoms with van der Waals surface area (Å²) in [5, 5.41) is 7.66. The molecule has 0 spiro atoms. The van der Waals surface area contributed by atoms with Crippen LogP contribution < -0.4 is 21.7 Å². The van der Waals surface area contributed by atoms with E-state index in [1.165, 1.54) is 6.92 Å². The molecule has 0 saturated carbocycles. The first-order valence-electron chi connectivity index (χ1n) is 10.9. The van der Waals surface area contributed by atoms with Crippen molar-refractivity contribution in [2.75, 3.05) is 18.1 Å². The zero-order valence-corrected chi connectivity index (χ0v) is 20.9. The topological polar surface area (TPSA) is 157 Å². The van der Waals surface area contributed by atoms with Crippen molar-refractivity contribution in [3.63, 3.8) is 0 Å². The second-order valence-electron chi connectivity index (χ2n) is 7.90. The first-order valence-corrected chi connectivity index (χ1v) is 13.3. The van der Waals surface area contributed by atoms with Gasteiger partial charge in [0.25, 0.3) is 0 Å². The van der Waals surface area contributed by atoms with Crippen LogP contribution in [-0.4, -0.2) is 65.8 Å². The number of carbonyl (C=O) groups is 5. The molecular weight excluding hydrogens is 468 g/mol. The van der Waals surface area contributed by atoms with Gasteiger partial charge in [-0.15, -0.1) is 0 Å². The van der Waals surface area contributed by atoms with Crippen molar-refractivity contribution in [2.24, 2.45) is 11.7 Å². The van der Waals surface area contributed by atoms with Crippen molar-refractivity contribution in [3.05, 3.63) is 12.2 Å². The van der Waals surface area contributed by atoms with E-state index in [-0.39, 0.29) is 18.2 Å². The van der Waals surface area contributed by atoms with Crippen LogP contribution in [0.5, 0.6) is 0 Å². The van der Waals surface area contributed by atoms with Crippen LogP contribution in [0.15, 0.2) is 12.2 Å². The highest BCUT2D eigenvalue weighted by molar-refractivity contribution is 8.76. The molecule has 0 unspecified atom stereocenters. The fourth-order valence-corrected chi connectivity index (χ4v) is 4.82. The summed E-state index contributed by atoms with van der Waals surface area (Å²) in [7, 11) is 3.32. The highest BCUT2D eigenvalue weighted by atomic mass is 33.1. The molecule has 0 radical (unpaired) electrons. The van der Waals surface area contributed by atoms with E-state index in [0.717, 1.165) is 11.5 Å². The second-order valence-corrected chi connectivity index (χ2v) is 10.6. The number of rotatable bonds is 5. The van der Waals surface area contributed by atoms with Crippen LogP contribution in [0.3, 0.4) is 0 Å². The fraction of sp³-hybridized carbons (Fsp3) is 0.667. The minimum atomic E-state index is -0.869. The molecule has 0 aromatic heterocycles. The Morgan fingerprint density at radius 2 is 1.91 bits per heavy atom. The summed E-state index contributed by atoms with van der Waals surface area (Å²) >= 11 is 0. The standard InChI is InChI=1S/C21H34N4O6S2/c1-13(2)19-21(30)23-12-18(28)31-15(11-17(27)24-14(3)20(22)29)7-4-5-9-32-33-10-6-8-16(26)25-19/h4,7,13-15,19H,5-6,8-12H2,1-3H3,(H2,22,29)(H,23,30)(H,24,27)(H,25,26)/b7-4+/t14-,15-,19-/m1/s1. The molecule has 5 N–H and O–H groups in total. The Kier molecular flexibility index (Phi) is 13.6. The molecule has 0 aromatic rings. The minimum absolute atomic E-state index is 0.174. The lowest BCUT2D eigenvalue weighted by atomic mass is 10.0. The molecule has 1 aliphatic rings. The van der Waals surface area contributed by atoms with Gasteiger partial charge in [0.1, 0.15) is 24.7 Å². The predicted octanol–water partition coefficient (Wildman–Crippen LogP) is 0.657. The van der Waals surface area contributed by atoms with Crippen LogP contribution in [0.25, 0.3) is 0 Å². The predicted molar refractivity (Wildman–Crippen MR) is 129 cm³/mol. The van der Waals surface area contributed by atoms with E-state index in [1.807, 2.05) is 6.08 Å². The summed E-state index contributed by atoms with van der Waals surface area (Å²) in [4.78, 5) is 60.4. The maximum atomic E-state index is 12.5. The maximum Gasteiger partial charge on any atom is 0.326 e. The third-order valence-electron chi connectivity index (χ3n) is 4.58. The molecule has 0 aliphatic carbocycles. The second kappa shape index (κ2) is 15.6. The number of hydrogen-bond acceptors (Lipinski definition) is 8. The summed E-state index contributed by atoms with van der Waals surface area (Å²) in [6.45, 7) is 4.65. The Labute approximate surface area is 202 Å². The summed E-state index contributed by atoms with van der Waals surface area (Å²) in [6, 6.07) is -1.63. The van der Waals surface area contributed by atoms with Crippen molar-refractivity contribution < 1.29 is 28.7 Å². The number of allylic oxidation sites excluding steroid dienone is 1. The minimum Gasteiger partial charge on any atom is -0.456 e. The molecule has 4 amide bonds. The van der Waals surface area contributed by atoms with Crippen molar-refractivity contribution in [1.29, 1.82) is 0 Å². The lowest BCUT2D eigenvalue weighted by Gasteiger charge is -2.22. The lowest BCUT2D eigenvalue weighted by molar-refractivity contribution is -0.148. The number of ether oxygens (including phenoxy) is 1. The van der Waals surface area contributed by atoms with Gasteiger partial charge in [0.2, 0.25) is 23.6 Å². The number of carbonyl (C=O) groups excluding carboxylic acids is 5. The zero-order chi connectivity index (χ0) is 24.8. The Hall–Kier alpha value is -2.21. The Bertz CT molecular complexity index is 732. The lowest BCUT2D eigenvalue weighted by Crippen LogP contribution is -2.50. The number of nitrogens with one attached hydrogen (secondary N) is 3. The summed E-state index contributed by atoms with van der Waals surface area (Å²) < 4.78 is 5.36. The Balaban J connectivity index is 2.85. The highest BCUT2D eigenvalue weighted by Gasteiger charge is 2.25. The van der Waals surface area contributed by atoms with Crippen molar-refractivity contribution >= 4 is 51.2 Å². The number of cyclic esters (lactones) is 1. The van der Waals surface area contributed by atoms with Gasteiger partial charge in [-0.3, -0.25) is 24.0 Å². The van der Waals surface area contributed by atoms with E-state index in [2.05, 4.69) is 16.0 Å². The summed E-state index contributed by atoms with van der Waals surface area (Å²) in [5.41, 5.74) is 5.16. The molecular formula is C21H34N4O6S2. The quantitative estimate of drug-likeness (QED) is 0.243. The molecule has 0 fully saturated rings. The molecule has 3 atom stereocenters. The third-order valence-corrected chi connectivity index (χ3v) is 7.10. The Morgan fingerprint density at radius 3 is 2.58 bits per heavy atom. The van der Waals surface area contributed by atoms with Gasteiger partial charge >= 0.3 is 5.97 Å². The maximum absolute atomic E-state index is 12.5. The van der Waals surface area contributed by atoms with Gasteiger partial charge in [-0.2, -0.15) is 0 Å². The largest absolute Gasteiger partial charge is 0.456 e. The zero-order valence-electron chi connectivity index (χ0n) is 19.3. The van der Waals surface area contributed by atoms with Gasteiger partial charge < -0.3 is 26.4 Å².